The van der Waals surface area contributed by atoms with E-state index in [1.807, 2.05) is 55.5 Å². The fourth-order valence-electron chi connectivity index (χ4n) is 2.21. The number of carbonyl (C=O) groups is 1. The fraction of sp³-hybridized carbons (Fsp3) is 0.316. The number of nitrogens with one attached hydrogen (secondary N) is 1. The van der Waals surface area contributed by atoms with Gasteiger partial charge in [0.25, 0.3) is 0 Å². The van der Waals surface area contributed by atoms with Crippen molar-refractivity contribution in [3.8, 4) is 17.2 Å². The second kappa shape index (κ2) is 9.45. The van der Waals surface area contributed by atoms with Crippen LogP contribution in [0.3, 0.4) is 0 Å². The molecule has 2 aromatic carbocycles. The number of carbonyl (C=O) groups excluding carboxylic acids is 1. The van der Waals surface area contributed by atoms with E-state index in [0.29, 0.717) is 37.7 Å². The Morgan fingerprint density at radius 3 is 2.38 bits per heavy atom. The first-order valence-corrected chi connectivity index (χ1v) is 7.97. The Bertz CT molecular complexity index is 640. The summed E-state index contributed by atoms with van der Waals surface area (Å²) < 4.78 is 16.2. The number of para-hydroxylation sites is 2. The number of benzene rings is 2. The van der Waals surface area contributed by atoms with Crippen molar-refractivity contribution >= 4 is 5.91 Å². The number of ether oxygens (including phenoxy) is 3. The second-order valence-corrected chi connectivity index (χ2v) is 5.10. The maximum absolute atomic E-state index is 11.9. The third-order valence-corrected chi connectivity index (χ3v) is 3.35. The number of hydrogen-bond acceptors (Lipinski definition) is 4. The van der Waals surface area contributed by atoms with Crippen molar-refractivity contribution in [2.45, 2.75) is 13.3 Å². The van der Waals surface area contributed by atoms with Crippen LogP contribution in [-0.4, -0.2) is 32.8 Å². The van der Waals surface area contributed by atoms with Crippen molar-refractivity contribution in [2.75, 3.05) is 26.9 Å². The van der Waals surface area contributed by atoms with E-state index in [-0.39, 0.29) is 5.91 Å². The molecule has 0 heterocycles. The molecule has 0 saturated carbocycles. The van der Waals surface area contributed by atoms with E-state index in [1.54, 1.807) is 7.11 Å². The van der Waals surface area contributed by atoms with Gasteiger partial charge in [0.2, 0.25) is 5.91 Å². The van der Waals surface area contributed by atoms with Crippen LogP contribution in [0.25, 0.3) is 0 Å². The summed E-state index contributed by atoms with van der Waals surface area (Å²) in [6.07, 6.45) is 0.334. The van der Waals surface area contributed by atoms with Gasteiger partial charge in [0.05, 0.1) is 26.7 Å². The molecular weight excluding hydrogens is 306 g/mol. The Morgan fingerprint density at radius 1 is 1.00 bits per heavy atom. The number of rotatable bonds is 9. The average molecular weight is 329 g/mol. The van der Waals surface area contributed by atoms with Gasteiger partial charge in [0.15, 0.2) is 11.5 Å². The Morgan fingerprint density at radius 2 is 1.71 bits per heavy atom. The van der Waals surface area contributed by atoms with Crippen molar-refractivity contribution < 1.29 is 19.0 Å². The van der Waals surface area contributed by atoms with Gasteiger partial charge in [-0.2, -0.15) is 0 Å². The van der Waals surface area contributed by atoms with Gasteiger partial charge >= 0.3 is 0 Å². The highest BCUT2D eigenvalue weighted by Gasteiger charge is 2.05. The summed E-state index contributed by atoms with van der Waals surface area (Å²) in [5, 5.41) is 2.84. The van der Waals surface area contributed by atoms with Crippen LogP contribution in [0.15, 0.2) is 48.5 Å². The highest BCUT2D eigenvalue weighted by molar-refractivity contribution is 5.78. The van der Waals surface area contributed by atoms with Crippen molar-refractivity contribution in [3.05, 3.63) is 54.1 Å². The summed E-state index contributed by atoms with van der Waals surface area (Å²) in [6, 6.07) is 15.0. The molecule has 128 valence electrons. The minimum atomic E-state index is -0.0391. The first-order chi connectivity index (χ1) is 11.7. The van der Waals surface area contributed by atoms with Crippen LogP contribution >= 0.6 is 0 Å². The molecule has 0 bridgehead atoms. The average Bonchev–Trinajstić information content (AvgIpc) is 2.61. The SMILES string of the molecule is CCOc1ccc(CC(=O)NCCOc2ccccc2OC)cc1. The van der Waals surface area contributed by atoms with E-state index in [9.17, 15) is 4.79 Å². The van der Waals surface area contributed by atoms with E-state index >= 15 is 0 Å². The van der Waals surface area contributed by atoms with E-state index in [2.05, 4.69) is 5.32 Å². The first-order valence-electron chi connectivity index (χ1n) is 7.97. The molecule has 5 nitrogen and oxygen atoms in total. The molecule has 0 fully saturated rings. The monoisotopic (exact) mass is 329 g/mol. The lowest BCUT2D eigenvalue weighted by molar-refractivity contribution is -0.120. The molecule has 2 aromatic rings. The van der Waals surface area contributed by atoms with Crippen LogP contribution in [0.4, 0.5) is 0 Å². The quantitative estimate of drug-likeness (QED) is 0.719. The molecule has 0 aromatic heterocycles. The van der Waals surface area contributed by atoms with Crippen molar-refractivity contribution in [1.29, 1.82) is 0 Å². The molecule has 0 spiro atoms. The van der Waals surface area contributed by atoms with Crippen molar-refractivity contribution in [2.24, 2.45) is 0 Å². The standard InChI is InChI=1S/C19H23NO4/c1-3-23-16-10-8-15(9-11-16)14-19(21)20-12-13-24-18-7-5-4-6-17(18)22-2/h4-11H,3,12-14H2,1-2H3,(H,20,21). The highest BCUT2D eigenvalue weighted by atomic mass is 16.5. The Labute approximate surface area is 142 Å². The van der Waals surface area contributed by atoms with Gasteiger partial charge in [-0.3, -0.25) is 4.79 Å². The normalized spacial score (nSPS) is 10.1. The molecule has 24 heavy (non-hydrogen) atoms. The minimum Gasteiger partial charge on any atom is -0.494 e. The van der Waals surface area contributed by atoms with Crippen LogP contribution in [0.2, 0.25) is 0 Å². The van der Waals surface area contributed by atoms with Crippen LogP contribution in [-0.2, 0) is 11.2 Å². The van der Waals surface area contributed by atoms with E-state index in [1.165, 1.54) is 0 Å². The fourth-order valence-corrected chi connectivity index (χ4v) is 2.21. The molecule has 0 saturated heterocycles. The Balaban J connectivity index is 1.71. The van der Waals surface area contributed by atoms with E-state index < -0.39 is 0 Å². The smallest absolute Gasteiger partial charge is 0.224 e. The third-order valence-electron chi connectivity index (χ3n) is 3.35. The number of amides is 1. The molecular formula is C19H23NO4. The summed E-state index contributed by atoms with van der Waals surface area (Å²) in [4.78, 5) is 11.9. The zero-order valence-electron chi connectivity index (χ0n) is 14.1. The van der Waals surface area contributed by atoms with Crippen LogP contribution in [0.5, 0.6) is 17.2 Å². The topological polar surface area (TPSA) is 56.8 Å². The van der Waals surface area contributed by atoms with Gasteiger partial charge in [-0.25, -0.2) is 0 Å². The molecule has 0 atom stereocenters. The van der Waals surface area contributed by atoms with Crippen molar-refractivity contribution in [3.63, 3.8) is 0 Å². The number of hydrogen-bond donors (Lipinski definition) is 1. The Kier molecular flexibility index (Phi) is 6.95. The summed E-state index contributed by atoms with van der Waals surface area (Å²) in [7, 11) is 1.60. The lowest BCUT2D eigenvalue weighted by atomic mass is 10.1. The van der Waals surface area contributed by atoms with E-state index in [4.69, 9.17) is 14.2 Å². The van der Waals surface area contributed by atoms with Gasteiger partial charge in [-0.15, -0.1) is 0 Å². The summed E-state index contributed by atoms with van der Waals surface area (Å²) in [6.45, 7) is 3.39. The first kappa shape index (κ1) is 17.7. The molecule has 2 rings (SSSR count). The van der Waals surface area contributed by atoms with Crippen LogP contribution in [0.1, 0.15) is 12.5 Å². The van der Waals surface area contributed by atoms with Gasteiger partial charge in [0.1, 0.15) is 12.4 Å². The van der Waals surface area contributed by atoms with Crippen LogP contribution < -0.4 is 19.5 Å². The summed E-state index contributed by atoms with van der Waals surface area (Å²) in [5.41, 5.74) is 0.946. The molecule has 0 aliphatic heterocycles. The molecule has 1 amide bonds. The van der Waals surface area contributed by atoms with Crippen molar-refractivity contribution in [1.82, 2.24) is 5.32 Å². The molecule has 1 N–H and O–H groups in total. The van der Waals surface area contributed by atoms with E-state index in [0.717, 1.165) is 11.3 Å². The largest absolute Gasteiger partial charge is 0.494 e. The summed E-state index contributed by atoms with van der Waals surface area (Å²) >= 11 is 0. The van der Waals surface area contributed by atoms with Gasteiger partial charge in [-0.05, 0) is 36.8 Å². The lowest BCUT2D eigenvalue weighted by Crippen LogP contribution is -2.29. The van der Waals surface area contributed by atoms with Crippen LogP contribution in [0, 0.1) is 0 Å². The number of methoxy groups -OCH3 is 1. The molecule has 0 aliphatic rings. The molecule has 0 radical (unpaired) electrons. The predicted octanol–water partition coefficient (Wildman–Crippen LogP) is 2.83. The summed E-state index contributed by atoms with van der Waals surface area (Å²) in [5.74, 6) is 2.12. The second-order valence-electron chi connectivity index (χ2n) is 5.10. The van der Waals surface area contributed by atoms with Gasteiger partial charge in [-0.1, -0.05) is 24.3 Å². The Hall–Kier alpha value is -2.69. The zero-order chi connectivity index (χ0) is 17.2. The molecule has 5 heteroatoms. The highest BCUT2D eigenvalue weighted by Crippen LogP contribution is 2.25. The third kappa shape index (κ3) is 5.50. The van der Waals surface area contributed by atoms with Gasteiger partial charge in [0, 0.05) is 0 Å². The minimum absolute atomic E-state index is 0.0391. The molecule has 0 unspecified atom stereocenters. The maximum atomic E-state index is 11.9. The predicted molar refractivity (Wildman–Crippen MR) is 92.8 cm³/mol. The lowest BCUT2D eigenvalue weighted by Gasteiger charge is -2.11. The van der Waals surface area contributed by atoms with Gasteiger partial charge < -0.3 is 19.5 Å². The maximum Gasteiger partial charge on any atom is 0.224 e. The molecule has 0 aliphatic carbocycles. The zero-order valence-corrected chi connectivity index (χ0v) is 14.1.